The highest BCUT2D eigenvalue weighted by Crippen LogP contribution is 2.33. The highest BCUT2D eigenvalue weighted by atomic mass is 32.2. The van der Waals surface area contributed by atoms with Gasteiger partial charge < -0.3 is 9.47 Å². The molecule has 23 heavy (non-hydrogen) atoms. The monoisotopic (exact) mass is 328 g/mol. The SMILES string of the molecule is COc1ccc2c(c1)nc1n2SCc2c(C)c(OC)c(C)c[n+]2-1. The molecule has 0 saturated heterocycles. The van der Waals surface area contributed by atoms with Crippen LogP contribution in [0.15, 0.2) is 24.4 Å². The fraction of sp³-hybridized carbons (Fsp3) is 0.294. The van der Waals surface area contributed by atoms with E-state index in [0.29, 0.717) is 0 Å². The van der Waals surface area contributed by atoms with Crippen LogP contribution in [-0.2, 0) is 5.75 Å². The molecule has 0 aliphatic carbocycles. The number of methoxy groups -OCH3 is 2. The number of benzene rings is 1. The zero-order valence-electron chi connectivity index (χ0n) is 13.6. The van der Waals surface area contributed by atoms with Gasteiger partial charge in [-0.2, -0.15) is 3.97 Å². The number of hydrogen-bond acceptors (Lipinski definition) is 4. The summed E-state index contributed by atoms with van der Waals surface area (Å²) < 4.78 is 15.2. The Kier molecular flexibility index (Phi) is 3.23. The molecule has 0 bridgehead atoms. The van der Waals surface area contributed by atoms with E-state index in [2.05, 4.69) is 34.7 Å². The van der Waals surface area contributed by atoms with E-state index < -0.39 is 0 Å². The van der Waals surface area contributed by atoms with Gasteiger partial charge in [0.2, 0.25) is 0 Å². The molecule has 0 atom stereocenters. The van der Waals surface area contributed by atoms with Crippen molar-refractivity contribution in [3.63, 3.8) is 0 Å². The van der Waals surface area contributed by atoms with Gasteiger partial charge in [-0.1, -0.05) is 4.98 Å². The third kappa shape index (κ3) is 2.01. The van der Waals surface area contributed by atoms with Crippen molar-refractivity contribution in [3.05, 3.63) is 41.2 Å². The predicted molar refractivity (Wildman–Crippen MR) is 90.5 cm³/mol. The zero-order valence-corrected chi connectivity index (χ0v) is 14.4. The third-order valence-electron chi connectivity index (χ3n) is 4.30. The lowest BCUT2D eigenvalue weighted by Gasteiger charge is -2.18. The Hall–Kier alpha value is -2.21. The quantitative estimate of drug-likeness (QED) is 0.678. The van der Waals surface area contributed by atoms with Crippen LogP contribution in [0.4, 0.5) is 0 Å². The number of aryl methyl sites for hydroxylation is 1. The number of imidazole rings is 1. The van der Waals surface area contributed by atoms with Crippen molar-refractivity contribution in [1.29, 1.82) is 0 Å². The van der Waals surface area contributed by atoms with Crippen molar-refractivity contribution in [1.82, 2.24) is 8.96 Å². The summed E-state index contributed by atoms with van der Waals surface area (Å²) in [5, 5.41) is 0. The van der Waals surface area contributed by atoms with Gasteiger partial charge in [-0.3, -0.25) is 0 Å². The van der Waals surface area contributed by atoms with Crippen LogP contribution in [0.2, 0.25) is 0 Å². The Morgan fingerprint density at radius 1 is 1.22 bits per heavy atom. The zero-order chi connectivity index (χ0) is 16.1. The van der Waals surface area contributed by atoms with E-state index in [4.69, 9.17) is 14.5 Å². The number of nitrogens with zero attached hydrogens (tertiary/aromatic N) is 3. The van der Waals surface area contributed by atoms with Gasteiger partial charge >= 0.3 is 5.95 Å². The molecule has 0 amide bonds. The van der Waals surface area contributed by atoms with Crippen molar-refractivity contribution in [2.45, 2.75) is 19.6 Å². The molecule has 0 unspecified atom stereocenters. The minimum Gasteiger partial charge on any atom is -0.497 e. The van der Waals surface area contributed by atoms with Crippen molar-refractivity contribution in [3.8, 4) is 17.4 Å². The van der Waals surface area contributed by atoms with E-state index in [1.807, 2.05) is 12.1 Å². The molecule has 4 rings (SSSR count). The first-order valence-corrected chi connectivity index (χ1v) is 8.37. The molecule has 1 aliphatic heterocycles. The van der Waals surface area contributed by atoms with E-state index in [1.165, 1.54) is 11.3 Å². The molecule has 2 aromatic heterocycles. The Morgan fingerprint density at radius 3 is 2.78 bits per heavy atom. The summed E-state index contributed by atoms with van der Waals surface area (Å²) in [5.41, 5.74) is 5.56. The second kappa shape index (κ2) is 5.16. The lowest BCUT2D eigenvalue weighted by molar-refractivity contribution is -0.613. The topological polar surface area (TPSA) is 40.2 Å². The maximum absolute atomic E-state index is 5.55. The fourth-order valence-electron chi connectivity index (χ4n) is 3.17. The summed E-state index contributed by atoms with van der Waals surface area (Å²) in [6.07, 6.45) is 2.11. The predicted octanol–water partition coefficient (Wildman–Crippen LogP) is 2.96. The average molecular weight is 328 g/mol. The van der Waals surface area contributed by atoms with E-state index >= 15 is 0 Å². The van der Waals surface area contributed by atoms with Crippen LogP contribution >= 0.6 is 11.9 Å². The fourth-order valence-corrected chi connectivity index (χ4v) is 4.31. The van der Waals surface area contributed by atoms with Crippen molar-refractivity contribution in [2.75, 3.05) is 14.2 Å². The van der Waals surface area contributed by atoms with Crippen LogP contribution in [0, 0.1) is 13.8 Å². The number of ether oxygens (including phenoxy) is 2. The Labute approximate surface area is 139 Å². The van der Waals surface area contributed by atoms with Gasteiger partial charge in [0, 0.05) is 29.1 Å². The molecule has 1 aromatic carbocycles. The van der Waals surface area contributed by atoms with Gasteiger partial charge in [0.05, 0.1) is 26.2 Å². The third-order valence-corrected chi connectivity index (χ3v) is 5.32. The van der Waals surface area contributed by atoms with E-state index in [9.17, 15) is 0 Å². The van der Waals surface area contributed by atoms with Crippen molar-refractivity contribution >= 4 is 23.0 Å². The first-order chi connectivity index (χ1) is 11.1. The van der Waals surface area contributed by atoms with Crippen LogP contribution in [0.25, 0.3) is 17.0 Å². The van der Waals surface area contributed by atoms with Gasteiger partial charge in [0.25, 0.3) is 0 Å². The summed E-state index contributed by atoms with van der Waals surface area (Å²) in [6, 6.07) is 6.01. The summed E-state index contributed by atoms with van der Waals surface area (Å²) in [5.74, 6) is 3.59. The Balaban J connectivity index is 1.99. The first kappa shape index (κ1) is 14.4. The smallest absolute Gasteiger partial charge is 0.415 e. The van der Waals surface area contributed by atoms with E-state index in [-0.39, 0.29) is 0 Å². The molecule has 0 spiro atoms. The molecule has 0 saturated carbocycles. The minimum absolute atomic E-state index is 0.824. The largest absolute Gasteiger partial charge is 0.497 e. The number of fused-ring (bicyclic) bond motifs is 5. The highest BCUT2D eigenvalue weighted by Gasteiger charge is 2.31. The van der Waals surface area contributed by atoms with Crippen LogP contribution in [0.3, 0.4) is 0 Å². The summed E-state index contributed by atoms with van der Waals surface area (Å²) in [6.45, 7) is 4.18. The number of rotatable bonds is 2. The highest BCUT2D eigenvalue weighted by molar-refractivity contribution is 7.97. The van der Waals surface area contributed by atoms with Gasteiger partial charge in [0.1, 0.15) is 17.2 Å². The molecule has 3 heterocycles. The first-order valence-electron chi connectivity index (χ1n) is 7.43. The van der Waals surface area contributed by atoms with Crippen LogP contribution in [0.5, 0.6) is 11.5 Å². The molecule has 0 radical (unpaired) electrons. The molecular formula is C17H18N3O2S+. The normalized spacial score (nSPS) is 12.9. The van der Waals surface area contributed by atoms with Crippen molar-refractivity contribution in [2.24, 2.45) is 0 Å². The van der Waals surface area contributed by atoms with Gasteiger partial charge in [-0.15, -0.1) is 0 Å². The molecule has 3 aromatic rings. The van der Waals surface area contributed by atoms with Gasteiger partial charge in [-0.25, -0.2) is 4.57 Å². The summed E-state index contributed by atoms with van der Waals surface area (Å²) in [4.78, 5) is 4.83. The van der Waals surface area contributed by atoms with Gasteiger partial charge in [-0.05, 0) is 26.0 Å². The van der Waals surface area contributed by atoms with E-state index in [1.54, 1.807) is 26.2 Å². The Morgan fingerprint density at radius 2 is 2.04 bits per heavy atom. The van der Waals surface area contributed by atoms with Crippen LogP contribution in [0.1, 0.15) is 16.8 Å². The van der Waals surface area contributed by atoms with E-state index in [0.717, 1.165) is 39.8 Å². The lowest BCUT2D eigenvalue weighted by Crippen LogP contribution is -2.42. The molecule has 1 aliphatic rings. The lowest BCUT2D eigenvalue weighted by atomic mass is 10.1. The van der Waals surface area contributed by atoms with Crippen LogP contribution < -0.4 is 14.0 Å². The number of aromatic nitrogens is 3. The molecule has 0 fully saturated rings. The summed E-state index contributed by atoms with van der Waals surface area (Å²) in [7, 11) is 3.40. The maximum atomic E-state index is 5.55. The molecule has 6 heteroatoms. The van der Waals surface area contributed by atoms with Gasteiger partial charge in [0.15, 0.2) is 11.0 Å². The second-order valence-corrected chi connectivity index (χ2v) is 6.53. The minimum atomic E-state index is 0.824. The summed E-state index contributed by atoms with van der Waals surface area (Å²) >= 11 is 1.76. The molecule has 0 N–H and O–H groups in total. The molecular weight excluding hydrogens is 310 g/mol. The number of pyridine rings is 1. The molecule has 118 valence electrons. The van der Waals surface area contributed by atoms with Crippen molar-refractivity contribution < 1.29 is 14.0 Å². The second-order valence-electron chi connectivity index (χ2n) is 5.62. The van der Waals surface area contributed by atoms with Crippen LogP contribution in [-0.4, -0.2) is 23.2 Å². The Bertz CT molecular complexity index is 933. The maximum Gasteiger partial charge on any atom is 0.415 e. The molecule has 5 nitrogen and oxygen atoms in total. The standard InChI is InChI=1S/C17H18N3O2S/c1-10-8-19-15(11(2)16(10)22-4)9-23-20-14-6-5-12(21-3)7-13(14)18-17(19)20/h5-8H,9H2,1-4H3/q+1. The average Bonchev–Trinajstić information content (AvgIpc) is 2.93. The number of hydrogen-bond donors (Lipinski definition) is 0.